The third-order valence-corrected chi connectivity index (χ3v) is 2.90. The fraction of sp³-hybridized carbons (Fsp3) is 0.556. The van der Waals surface area contributed by atoms with Gasteiger partial charge in [0.05, 0.1) is 11.2 Å². The molecule has 0 fully saturated rings. The van der Waals surface area contributed by atoms with Crippen LogP contribution in [0.2, 0.25) is 0 Å². The molecule has 0 aromatic carbocycles. The third kappa shape index (κ3) is 1.72. The van der Waals surface area contributed by atoms with Crippen molar-refractivity contribution in [2.75, 3.05) is 0 Å². The maximum Gasteiger partial charge on any atom is 0.140 e. The van der Waals surface area contributed by atoms with E-state index in [2.05, 4.69) is 5.16 Å². The minimum atomic E-state index is 0.296. The van der Waals surface area contributed by atoms with E-state index in [4.69, 9.17) is 22.5 Å². The van der Waals surface area contributed by atoms with Crippen LogP contribution in [0.4, 0.5) is 0 Å². The molecule has 4 heteroatoms. The Labute approximate surface area is 82.3 Å². The van der Waals surface area contributed by atoms with Crippen LogP contribution in [0, 0.1) is 5.92 Å². The summed E-state index contributed by atoms with van der Waals surface area (Å²) in [7, 11) is 0. The second kappa shape index (κ2) is 3.46. The molecule has 0 unspecified atom stereocenters. The summed E-state index contributed by atoms with van der Waals surface area (Å²) >= 11 is 4.99. The highest BCUT2D eigenvalue weighted by Crippen LogP contribution is 2.24. The van der Waals surface area contributed by atoms with Crippen LogP contribution in [0.1, 0.15) is 24.2 Å². The largest absolute Gasteiger partial charge is 0.393 e. The number of nitrogens with two attached hydrogens (primary N) is 1. The van der Waals surface area contributed by atoms with Crippen LogP contribution < -0.4 is 5.73 Å². The third-order valence-electron chi connectivity index (χ3n) is 2.56. The predicted octanol–water partition coefficient (Wildman–Crippen LogP) is 1.46. The molecule has 0 saturated heterocycles. The molecule has 2 N–H and O–H groups in total. The van der Waals surface area contributed by atoms with Crippen molar-refractivity contribution < 1.29 is 4.52 Å². The number of hydrogen-bond donors (Lipinski definition) is 1. The summed E-state index contributed by atoms with van der Waals surface area (Å²) in [6.07, 6.45) is 5.86. The molecule has 1 aromatic heterocycles. The van der Waals surface area contributed by atoms with Gasteiger partial charge in [-0.2, -0.15) is 0 Å². The highest BCUT2D eigenvalue weighted by molar-refractivity contribution is 7.80. The number of rotatable bonds is 1. The predicted molar refractivity (Wildman–Crippen MR) is 53.4 cm³/mol. The first-order chi connectivity index (χ1) is 6.27. The quantitative estimate of drug-likeness (QED) is 0.545. The van der Waals surface area contributed by atoms with Gasteiger partial charge >= 0.3 is 0 Å². The zero-order chi connectivity index (χ0) is 9.26. The first-order valence-electron chi connectivity index (χ1n) is 4.49. The molecule has 70 valence electrons. The highest BCUT2D eigenvalue weighted by atomic mass is 32.1. The van der Waals surface area contributed by atoms with Crippen molar-refractivity contribution in [3.05, 3.63) is 17.5 Å². The second-order valence-corrected chi connectivity index (χ2v) is 3.94. The average molecular weight is 196 g/mol. The lowest BCUT2D eigenvalue weighted by atomic mass is 10.0. The number of fused-ring (bicyclic) bond motifs is 1. The second-order valence-electron chi connectivity index (χ2n) is 3.47. The minimum Gasteiger partial charge on any atom is -0.393 e. The van der Waals surface area contributed by atoms with E-state index in [-0.39, 0.29) is 0 Å². The molecule has 0 aliphatic heterocycles. The van der Waals surface area contributed by atoms with E-state index in [1.165, 1.54) is 5.56 Å². The summed E-state index contributed by atoms with van der Waals surface area (Å²) in [5, 5.41) is 3.78. The number of hydrogen-bond acceptors (Lipinski definition) is 3. The molecule has 0 spiro atoms. The molecular weight excluding hydrogens is 184 g/mol. The SMILES string of the molecule is NC(=S)[C@H]1CCCc2cnoc2C1. The standard InChI is InChI=1S/C9H12N2OS/c10-9(13)6-2-1-3-7-5-11-12-8(7)4-6/h5-6H,1-4H2,(H2,10,13)/t6-/m0/s1. The van der Waals surface area contributed by atoms with Crippen LogP contribution in [0.3, 0.4) is 0 Å². The highest BCUT2D eigenvalue weighted by Gasteiger charge is 2.21. The van der Waals surface area contributed by atoms with E-state index < -0.39 is 0 Å². The Morgan fingerprint density at radius 3 is 3.31 bits per heavy atom. The van der Waals surface area contributed by atoms with Crippen LogP contribution in [-0.4, -0.2) is 10.1 Å². The number of aryl methyl sites for hydroxylation is 1. The van der Waals surface area contributed by atoms with Crippen LogP contribution in [0.25, 0.3) is 0 Å². The van der Waals surface area contributed by atoms with Crippen molar-refractivity contribution >= 4 is 17.2 Å². The van der Waals surface area contributed by atoms with E-state index in [1.54, 1.807) is 6.20 Å². The minimum absolute atomic E-state index is 0.296. The molecule has 13 heavy (non-hydrogen) atoms. The monoisotopic (exact) mass is 196 g/mol. The summed E-state index contributed by atoms with van der Waals surface area (Å²) in [5.41, 5.74) is 6.85. The summed E-state index contributed by atoms with van der Waals surface area (Å²) < 4.78 is 5.15. The van der Waals surface area contributed by atoms with Crippen molar-refractivity contribution in [2.24, 2.45) is 11.7 Å². The number of thiocarbonyl (C=S) groups is 1. The van der Waals surface area contributed by atoms with E-state index in [0.717, 1.165) is 31.4 Å². The smallest absolute Gasteiger partial charge is 0.140 e. The Kier molecular flexibility index (Phi) is 2.31. The van der Waals surface area contributed by atoms with E-state index >= 15 is 0 Å². The first kappa shape index (κ1) is 8.69. The summed E-state index contributed by atoms with van der Waals surface area (Å²) in [6.45, 7) is 0. The molecule has 0 radical (unpaired) electrons. The molecule has 1 heterocycles. The molecule has 3 nitrogen and oxygen atoms in total. The molecule has 1 aliphatic rings. The Morgan fingerprint density at radius 1 is 1.69 bits per heavy atom. The van der Waals surface area contributed by atoms with Crippen LogP contribution in [0.15, 0.2) is 10.7 Å². The van der Waals surface area contributed by atoms with Crippen molar-refractivity contribution in [3.8, 4) is 0 Å². The van der Waals surface area contributed by atoms with E-state index in [0.29, 0.717) is 10.9 Å². The first-order valence-corrected chi connectivity index (χ1v) is 4.90. The maximum atomic E-state index is 5.63. The lowest BCUT2D eigenvalue weighted by Gasteiger charge is -2.09. The molecule has 0 bridgehead atoms. The normalized spacial score (nSPS) is 22.0. The molecular formula is C9H12N2OS. The van der Waals surface area contributed by atoms with Gasteiger partial charge in [0, 0.05) is 17.9 Å². The Hall–Kier alpha value is -0.900. The number of nitrogens with zero attached hydrogens (tertiary/aromatic N) is 1. The van der Waals surface area contributed by atoms with Crippen molar-refractivity contribution in [2.45, 2.75) is 25.7 Å². The zero-order valence-corrected chi connectivity index (χ0v) is 8.14. The van der Waals surface area contributed by atoms with Gasteiger partial charge in [-0.25, -0.2) is 0 Å². The van der Waals surface area contributed by atoms with Gasteiger partial charge in [0.15, 0.2) is 0 Å². The molecule has 0 amide bonds. The van der Waals surface area contributed by atoms with Gasteiger partial charge < -0.3 is 10.3 Å². The summed E-state index contributed by atoms with van der Waals surface area (Å²) in [4.78, 5) is 0.601. The Balaban J connectivity index is 2.21. The molecule has 0 saturated carbocycles. The van der Waals surface area contributed by atoms with Crippen LogP contribution in [0.5, 0.6) is 0 Å². The zero-order valence-electron chi connectivity index (χ0n) is 7.32. The summed E-state index contributed by atoms with van der Waals surface area (Å²) in [6, 6.07) is 0. The summed E-state index contributed by atoms with van der Waals surface area (Å²) in [5.74, 6) is 1.26. The van der Waals surface area contributed by atoms with Crippen molar-refractivity contribution in [3.63, 3.8) is 0 Å². The van der Waals surface area contributed by atoms with Gasteiger partial charge in [-0.3, -0.25) is 0 Å². The maximum absolute atomic E-state index is 5.63. The van der Waals surface area contributed by atoms with Gasteiger partial charge in [-0.05, 0) is 19.3 Å². The lowest BCUT2D eigenvalue weighted by molar-refractivity contribution is 0.372. The molecule has 1 atom stereocenters. The Morgan fingerprint density at radius 2 is 2.54 bits per heavy atom. The fourth-order valence-electron chi connectivity index (χ4n) is 1.76. The molecule has 2 rings (SSSR count). The van der Waals surface area contributed by atoms with Gasteiger partial charge in [-0.15, -0.1) is 0 Å². The molecule has 1 aromatic rings. The van der Waals surface area contributed by atoms with E-state index in [1.807, 2.05) is 0 Å². The topological polar surface area (TPSA) is 52.0 Å². The van der Waals surface area contributed by atoms with Gasteiger partial charge in [0.2, 0.25) is 0 Å². The van der Waals surface area contributed by atoms with Crippen LogP contribution in [-0.2, 0) is 12.8 Å². The van der Waals surface area contributed by atoms with Gasteiger partial charge in [-0.1, -0.05) is 17.4 Å². The van der Waals surface area contributed by atoms with E-state index in [9.17, 15) is 0 Å². The average Bonchev–Trinajstić information content (AvgIpc) is 2.42. The number of aromatic nitrogens is 1. The molecule has 1 aliphatic carbocycles. The van der Waals surface area contributed by atoms with Crippen LogP contribution >= 0.6 is 12.2 Å². The van der Waals surface area contributed by atoms with Gasteiger partial charge in [0.25, 0.3) is 0 Å². The lowest BCUT2D eigenvalue weighted by Crippen LogP contribution is -2.22. The Bertz CT molecular complexity index is 321. The van der Waals surface area contributed by atoms with Crippen molar-refractivity contribution in [1.82, 2.24) is 5.16 Å². The fourth-order valence-corrected chi connectivity index (χ4v) is 1.97. The van der Waals surface area contributed by atoms with Crippen molar-refractivity contribution in [1.29, 1.82) is 0 Å². The van der Waals surface area contributed by atoms with Gasteiger partial charge in [0.1, 0.15) is 5.76 Å².